The largest absolute Gasteiger partial charge is 0.353 e. The van der Waals surface area contributed by atoms with Gasteiger partial charge in [-0.3, -0.25) is 4.79 Å². The Hall–Kier alpha value is -1.92. The van der Waals surface area contributed by atoms with E-state index in [1.165, 1.54) is 0 Å². The second-order valence-corrected chi connectivity index (χ2v) is 4.70. The molecule has 0 bridgehead atoms. The number of nitrogens with zero attached hydrogens (tertiary/aromatic N) is 1. The number of ether oxygens (including phenoxy) is 2. The van der Waals surface area contributed by atoms with Gasteiger partial charge in [0, 0.05) is 18.5 Å². The minimum Gasteiger partial charge on any atom is -0.353 e. The Kier molecular flexibility index (Phi) is 3.94. The van der Waals surface area contributed by atoms with Crippen LogP contribution < -0.4 is 5.32 Å². The summed E-state index contributed by atoms with van der Waals surface area (Å²) in [5.41, 5.74) is 2.33. The highest BCUT2D eigenvalue weighted by molar-refractivity contribution is 5.97. The van der Waals surface area contributed by atoms with Crippen LogP contribution in [0, 0.1) is 0 Å². The van der Waals surface area contributed by atoms with Gasteiger partial charge in [0.25, 0.3) is 5.91 Å². The summed E-state index contributed by atoms with van der Waals surface area (Å²) in [5, 5.41) is 2.87. The number of fused-ring (bicyclic) bond motifs is 1. The monoisotopic (exact) mass is 275 g/mol. The lowest BCUT2D eigenvalue weighted by Crippen LogP contribution is -2.31. The van der Waals surface area contributed by atoms with Crippen molar-refractivity contribution in [2.75, 3.05) is 19.8 Å². The summed E-state index contributed by atoms with van der Waals surface area (Å²) in [7, 11) is 0. The van der Waals surface area contributed by atoms with Gasteiger partial charge >= 0.3 is 0 Å². The van der Waals surface area contributed by atoms with Crippen LogP contribution >= 0.6 is 0 Å². The molecular weight excluding hydrogens is 258 g/mol. The van der Waals surface area contributed by atoms with Crippen LogP contribution in [0.2, 0.25) is 0 Å². The molecule has 0 radical (unpaired) electrons. The van der Waals surface area contributed by atoms with Gasteiger partial charge in [-0.15, -0.1) is 0 Å². The van der Waals surface area contributed by atoms with Crippen LogP contribution in [0.5, 0.6) is 0 Å². The molecule has 3 rings (SSSR count). The molecule has 0 aliphatic carbocycles. The smallest absolute Gasteiger partial charge is 0.251 e. The van der Waals surface area contributed by atoms with E-state index in [2.05, 4.69) is 15.3 Å². The first-order chi connectivity index (χ1) is 9.83. The number of amides is 1. The minimum atomic E-state index is -0.195. The van der Waals surface area contributed by atoms with Crippen molar-refractivity contribution in [3.63, 3.8) is 0 Å². The number of aromatic amines is 1. The van der Waals surface area contributed by atoms with E-state index in [4.69, 9.17) is 9.47 Å². The molecule has 6 heteroatoms. The Bertz CT molecular complexity index is 590. The molecule has 1 fully saturated rings. The van der Waals surface area contributed by atoms with E-state index in [0.717, 1.165) is 30.7 Å². The molecule has 1 aliphatic heterocycles. The average Bonchev–Trinajstić information content (AvgIpc) is 2.95. The highest BCUT2D eigenvalue weighted by atomic mass is 16.7. The van der Waals surface area contributed by atoms with E-state index in [1.54, 1.807) is 18.5 Å². The molecule has 2 N–H and O–H groups in total. The number of rotatable bonds is 4. The van der Waals surface area contributed by atoms with E-state index in [0.29, 0.717) is 18.5 Å². The van der Waals surface area contributed by atoms with Crippen molar-refractivity contribution in [3.05, 3.63) is 30.1 Å². The zero-order valence-corrected chi connectivity index (χ0v) is 11.1. The summed E-state index contributed by atoms with van der Waals surface area (Å²) in [5.74, 6) is -0.0997. The van der Waals surface area contributed by atoms with Crippen molar-refractivity contribution in [3.8, 4) is 0 Å². The molecular formula is C14H17N3O3. The number of nitrogens with one attached hydrogen (secondary N) is 2. The van der Waals surface area contributed by atoms with Gasteiger partial charge in [0.1, 0.15) is 0 Å². The van der Waals surface area contributed by atoms with Crippen molar-refractivity contribution < 1.29 is 14.3 Å². The van der Waals surface area contributed by atoms with Crippen LogP contribution in [-0.4, -0.2) is 41.9 Å². The summed E-state index contributed by atoms with van der Waals surface area (Å²) in [6.45, 7) is 1.99. The highest BCUT2D eigenvalue weighted by Crippen LogP contribution is 2.12. The first-order valence-electron chi connectivity index (χ1n) is 6.77. The van der Waals surface area contributed by atoms with Crippen molar-refractivity contribution in [1.82, 2.24) is 15.3 Å². The molecule has 0 atom stereocenters. The zero-order valence-electron chi connectivity index (χ0n) is 11.1. The number of carbonyl (C=O) groups is 1. The molecule has 0 saturated carbocycles. The molecule has 6 nitrogen and oxygen atoms in total. The van der Waals surface area contributed by atoms with Gasteiger partial charge in [-0.1, -0.05) is 0 Å². The maximum absolute atomic E-state index is 12.0. The van der Waals surface area contributed by atoms with Crippen LogP contribution in [0.3, 0.4) is 0 Å². The average molecular weight is 275 g/mol. The van der Waals surface area contributed by atoms with Gasteiger partial charge in [0.15, 0.2) is 6.29 Å². The lowest BCUT2D eigenvalue weighted by atomic mass is 10.2. The number of hydrogen-bond donors (Lipinski definition) is 2. The molecule has 1 aromatic carbocycles. The molecule has 2 heterocycles. The number of H-pyrrole nitrogens is 1. The van der Waals surface area contributed by atoms with Gasteiger partial charge in [0.2, 0.25) is 0 Å². The van der Waals surface area contributed by atoms with E-state index in [9.17, 15) is 4.79 Å². The Morgan fingerprint density at radius 2 is 2.25 bits per heavy atom. The summed E-state index contributed by atoms with van der Waals surface area (Å²) >= 11 is 0. The van der Waals surface area contributed by atoms with Crippen molar-refractivity contribution >= 4 is 16.9 Å². The van der Waals surface area contributed by atoms with Crippen LogP contribution in [0.4, 0.5) is 0 Å². The fourth-order valence-electron chi connectivity index (χ4n) is 2.19. The number of imidazole rings is 1. The number of aromatic nitrogens is 2. The van der Waals surface area contributed by atoms with Gasteiger partial charge in [-0.25, -0.2) is 4.98 Å². The minimum absolute atomic E-state index is 0.0997. The quantitative estimate of drug-likeness (QED) is 0.885. The topological polar surface area (TPSA) is 76.2 Å². The lowest BCUT2D eigenvalue weighted by Gasteiger charge is -2.23. The fourth-order valence-corrected chi connectivity index (χ4v) is 2.19. The first kappa shape index (κ1) is 13.1. The van der Waals surface area contributed by atoms with Crippen LogP contribution in [0.25, 0.3) is 11.0 Å². The van der Waals surface area contributed by atoms with Crippen molar-refractivity contribution in [1.29, 1.82) is 0 Å². The Morgan fingerprint density at radius 1 is 1.40 bits per heavy atom. The standard InChI is InChI=1S/C14H17N3O3/c18-14(15-5-4-13-19-6-1-7-20-13)10-2-3-11-12(8-10)17-9-16-11/h2-3,8-9,13H,1,4-7H2,(H,15,18)(H,16,17). The Morgan fingerprint density at radius 3 is 3.10 bits per heavy atom. The van der Waals surface area contributed by atoms with E-state index < -0.39 is 0 Å². The number of carbonyl (C=O) groups excluding carboxylic acids is 1. The Labute approximate surface area is 116 Å². The summed E-state index contributed by atoms with van der Waals surface area (Å²) < 4.78 is 10.9. The summed E-state index contributed by atoms with van der Waals surface area (Å²) in [6, 6.07) is 5.39. The first-order valence-corrected chi connectivity index (χ1v) is 6.77. The van der Waals surface area contributed by atoms with E-state index >= 15 is 0 Å². The third kappa shape index (κ3) is 2.97. The fraction of sp³-hybridized carbons (Fsp3) is 0.429. The number of hydrogen-bond acceptors (Lipinski definition) is 4. The molecule has 0 unspecified atom stereocenters. The molecule has 1 amide bonds. The highest BCUT2D eigenvalue weighted by Gasteiger charge is 2.14. The van der Waals surface area contributed by atoms with Crippen molar-refractivity contribution in [2.45, 2.75) is 19.1 Å². The van der Waals surface area contributed by atoms with E-state index in [-0.39, 0.29) is 12.2 Å². The second kappa shape index (κ2) is 6.02. The number of benzene rings is 1. The Balaban J connectivity index is 1.53. The molecule has 1 saturated heterocycles. The predicted octanol–water partition coefficient (Wildman–Crippen LogP) is 1.45. The SMILES string of the molecule is O=C(NCCC1OCCCO1)c1ccc2nc[nH]c2c1. The predicted molar refractivity (Wildman–Crippen MR) is 73.4 cm³/mol. The van der Waals surface area contributed by atoms with Crippen LogP contribution in [-0.2, 0) is 9.47 Å². The second-order valence-electron chi connectivity index (χ2n) is 4.70. The van der Waals surface area contributed by atoms with Gasteiger partial charge < -0.3 is 19.8 Å². The molecule has 1 aliphatic rings. The summed E-state index contributed by atoms with van der Waals surface area (Å²) in [4.78, 5) is 19.1. The van der Waals surface area contributed by atoms with Gasteiger partial charge in [-0.2, -0.15) is 0 Å². The molecule has 106 valence electrons. The van der Waals surface area contributed by atoms with Crippen LogP contribution in [0.1, 0.15) is 23.2 Å². The van der Waals surface area contributed by atoms with Crippen molar-refractivity contribution in [2.24, 2.45) is 0 Å². The third-order valence-corrected chi connectivity index (χ3v) is 3.24. The third-order valence-electron chi connectivity index (χ3n) is 3.24. The van der Waals surface area contributed by atoms with Gasteiger partial charge in [-0.05, 0) is 24.6 Å². The van der Waals surface area contributed by atoms with Gasteiger partial charge in [0.05, 0.1) is 30.6 Å². The molecule has 2 aromatic rings. The molecule has 1 aromatic heterocycles. The maximum Gasteiger partial charge on any atom is 0.251 e. The molecule has 20 heavy (non-hydrogen) atoms. The summed E-state index contributed by atoms with van der Waals surface area (Å²) in [6.07, 6.45) is 3.02. The normalized spacial score (nSPS) is 16.4. The zero-order chi connectivity index (χ0) is 13.8. The lowest BCUT2D eigenvalue weighted by molar-refractivity contribution is -0.180. The maximum atomic E-state index is 12.0. The molecule has 0 spiro atoms. The van der Waals surface area contributed by atoms with Crippen LogP contribution in [0.15, 0.2) is 24.5 Å². The van der Waals surface area contributed by atoms with E-state index in [1.807, 2.05) is 6.07 Å².